The SMILES string of the molecule is COc1ccc(Cn2nc3oc(=O)cc(C)c3c2C)cc1OC. The Bertz CT molecular complexity index is 924. The number of methoxy groups -OCH3 is 2. The minimum Gasteiger partial charge on any atom is -0.493 e. The molecule has 0 aliphatic rings. The number of benzene rings is 1. The third-order valence-electron chi connectivity index (χ3n) is 3.88. The van der Waals surface area contributed by atoms with E-state index in [-0.39, 0.29) is 5.63 Å². The summed E-state index contributed by atoms with van der Waals surface area (Å²) in [6.45, 7) is 4.39. The summed E-state index contributed by atoms with van der Waals surface area (Å²) in [7, 11) is 3.21. The first-order valence-corrected chi connectivity index (χ1v) is 7.22. The van der Waals surface area contributed by atoms with Crippen molar-refractivity contribution in [2.24, 2.45) is 0 Å². The van der Waals surface area contributed by atoms with Crippen LogP contribution in [0.4, 0.5) is 0 Å². The van der Waals surface area contributed by atoms with E-state index >= 15 is 0 Å². The van der Waals surface area contributed by atoms with E-state index in [0.717, 1.165) is 22.2 Å². The maximum absolute atomic E-state index is 11.5. The van der Waals surface area contributed by atoms with Crippen LogP contribution in [0, 0.1) is 13.8 Å². The quantitative estimate of drug-likeness (QED) is 0.740. The van der Waals surface area contributed by atoms with Crippen molar-refractivity contribution in [3.05, 3.63) is 51.5 Å². The molecular formula is C17H18N2O4. The molecule has 3 aromatic rings. The van der Waals surface area contributed by atoms with Crippen molar-refractivity contribution in [3.8, 4) is 11.5 Å². The van der Waals surface area contributed by atoms with Crippen molar-refractivity contribution in [2.45, 2.75) is 20.4 Å². The number of rotatable bonds is 4. The highest BCUT2D eigenvalue weighted by Crippen LogP contribution is 2.28. The molecule has 23 heavy (non-hydrogen) atoms. The fourth-order valence-corrected chi connectivity index (χ4v) is 2.72. The van der Waals surface area contributed by atoms with Gasteiger partial charge in [0, 0.05) is 11.8 Å². The Morgan fingerprint density at radius 1 is 1.13 bits per heavy atom. The van der Waals surface area contributed by atoms with Gasteiger partial charge in [-0.25, -0.2) is 4.79 Å². The number of hydrogen-bond donors (Lipinski definition) is 0. The summed E-state index contributed by atoms with van der Waals surface area (Å²) in [5, 5.41) is 5.28. The molecule has 0 radical (unpaired) electrons. The highest BCUT2D eigenvalue weighted by atomic mass is 16.5. The minimum atomic E-state index is -0.384. The summed E-state index contributed by atoms with van der Waals surface area (Å²) in [6.07, 6.45) is 0. The van der Waals surface area contributed by atoms with Crippen molar-refractivity contribution in [1.82, 2.24) is 9.78 Å². The molecule has 0 spiro atoms. The van der Waals surface area contributed by atoms with Gasteiger partial charge >= 0.3 is 5.63 Å². The molecule has 1 aromatic carbocycles. The van der Waals surface area contributed by atoms with E-state index in [1.54, 1.807) is 14.2 Å². The second kappa shape index (κ2) is 5.79. The predicted molar refractivity (Wildman–Crippen MR) is 86.4 cm³/mol. The monoisotopic (exact) mass is 314 g/mol. The number of fused-ring (bicyclic) bond motifs is 1. The Kier molecular flexibility index (Phi) is 3.82. The second-order valence-electron chi connectivity index (χ2n) is 5.36. The molecule has 0 saturated heterocycles. The summed E-state index contributed by atoms with van der Waals surface area (Å²) >= 11 is 0. The number of aromatic nitrogens is 2. The van der Waals surface area contributed by atoms with Gasteiger partial charge in [0.1, 0.15) is 0 Å². The lowest BCUT2D eigenvalue weighted by atomic mass is 10.1. The van der Waals surface area contributed by atoms with Crippen molar-refractivity contribution < 1.29 is 13.9 Å². The van der Waals surface area contributed by atoms with Crippen LogP contribution in [0.5, 0.6) is 11.5 Å². The van der Waals surface area contributed by atoms with Crippen LogP contribution in [0.1, 0.15) is 16.8 Å². The number of hydrogen-bond acceptors (Lipinski definition) is 5. The lowest BCUT2D eigenvalue weighted by Gasteiger charge is -2.10. The van der Waals surface area contributed by atoms with Crippen LogP contribution in [0.3, 0.4) is 0 Å². The number of aryl methyl sites for hydroxylation is 2. The highest BCUT2D eigenvalue weighted by molar-refractivity contribution is 5.79. The first kappa shape index (κ1) is 15.1. The van der Waals surface area contributed by atoms with E-state index in [0.29, 0.717) is 23.8 Å². The number of ether oxygens (including phenoxy) is 2. The molecule has 0 unspecified atom stereocenters. The standard InChI is InChI=1S/C17H18N2O4/c1-10-7-15(20)23-17-16(10)11(2)19(18-17)9-12-5-6-13(21-3)14(8-12)22-4/h5-8H,9H2,1-4H3. The topological polar surface area (TPSA) is 66.5 Å². The van der Waals surface area contributed by atoms with E-state index in [9.17, 15) is 4.79 Å². The van der Waals surface area contributed by atoms with E-state index in [2.05, 4.69) is 5.10 Å². The average Bonchev–Trinajstić information content (AvgIpc) is 2.83. The van der Waals surface area contributed by atoms with E-state index < -0.39 is 0 Å². The van der Waals surface area contributed by atoms with Crippen molar-refractivity contribution >= 4 is 11.1 Å². The summed E-state index contributed by atoms with van der Waals surface area (Å²) in [5.41, 5.74) is 2.82. The average molecular weight is 314 g/mol. The zero-order valence-corrected chi connectivity index (χ0v) is 13.5. The smallest absolute Gasteiger partial charge is 0.337 e. The largest absolute Gasteiger partial charge is 0.493 e. The molecule has 0 aliphatic carbocycles. The van der Waals surface area contributed by atoms with Crippen LogP contribution in [0.15, 0.2) is 33.5 Å². The molecule has 0 amide bonds. The molecule has 0 saturated carbocycles. The summed E-state index contributed by atoms with van der Waals surface area (Å²) in [5.74, 6) is 1.35. The van der Waals surface area contributed by atoms with Gasteiger partial charge in [-0.1, -0.05) is 6.07 Å². The molecule has 0 fully saturated rings. The lowest BCUT2D eigenvalue weighted by molar-refractivity contribution is 0.354. The van der Waals surface area contributed by atoms with Crippen LogP contribution in [0.25, 0.3) is 11.1 Å². The summed E-state index contributed by atoms with van der Waals surface area (Å²) < 4.78 is 17.6. The second-order valence-corrected chi connectivity index (χ2v) is 5.36. The number of nitrogens with zero attached hydrogens (tertiary/aromatic N) is 2. The zero-order chi connectivity index (χ0) is 16.6. The molecule has 120 valence electrons. The van der Waals surface area contributed by atoms with Gasteiger partial charge in [0.25, 0.3) is 0 Å². The lowest BCUT2D eigenvalue weighted by Crippen LogP contribution is -2.04. The van der Waals surface area contributed by atoms with Gasteiger partial charge in [-0.2, -0.15) is 0 Å². The molecule has 6 heteroatoms. The van der Waals surface area contributed by atoms with Gasteiger partial charge in [-0.05, 0) is 37.1 Å². The maximum Gasteiger partial charge on any atom is 0.337 e. The molecule has 0 aliphatic heterocycles. The normalized spacial score (nSPS) is 11.0. The maximum atomic E-state index is 11.5. The van der Waals surface area contributed by atoms with Gasteiger partial charge in [-0.3, -0.25) is 4.68 Å². The predicted octanol–water partition coefficient (Wildman–Crippen LogP) is 2.67. The van der Waals surface area contributed by atoms with Crippen LogP contribution in [-0.2, 0) is 6.54 Å². The van der Waals surface area contributed by atoms with Gasteiger partial charge in [0.05, 0.1) is 26.2 Å². The van der Waals surface area contributed by atoms with Crippen molar-refractivity contribution in [1.29, 1.82) is 0 Å². The van der Waals surface area contributed by atoms with Gasteiger partial charge < -0.3 is 13.9 Å². The van der Waals surface area contributed by atoms with Crippen molar-refractivity contribution in [2.75, 3.05) is 14.2 Å². The van der Waals surface area contributed by atoms with Crippen LogP contribution < -0.4 is 15.1 Å². The first-order valence-electron chi connectivity index (χ1n) is 7.22. The van der Waals surface area contributed by atoms with Gasteiger partial charge in [-0.15, -0.1) is 5.10 Å². The van der Waals surface area contributed by atoms with Crippen molar-refractivity contribution in [3.63, 3.8) is 0 Å². The third-order valence-corrected chi connectivity index (χ3v) is 3.88. The Morgan fingerprint density at radius 2 is 1.87 bits per heavy atom. The molecule has 2 heterocycles. The molecule has 0 bridgehead atoms. The zero-order valence-electron chi connectivity index (χ0n) is 13.5. The molecular weight excluding hydrogens is 296 g/mol. The summed E-state index contributed by atoms with van der Waals surface area (Å²) in [6, 6.07) is 7.21. The molecule has 0 atom stereocenters. The Morgan fingerprint density at radius 3 is 2.57 bits per heavy atom. The first-order chi connectivity index (χ1) is 11.0. The third kappa shape index (κ3) is 2.67. The minimum absolute atomic E-state index is 0.368. The molecule has 2 aromatic heterocycles. The van der Waals surface area contributed by atoms with Crippen LogP contribution in [0.2, 0.25) is 0 Å². The Balaban J connectivity index is 2.03. The van der Waals surface area contributed by atoms with Crippen LogP contribution in [-0.4, -0.2) is 24.0 Å². The molecule has 3 rings (SSSR count). The Hall–Kier alpha value is -2.76. The fourth-order valence-electron chi connectivity index (χ4n) is 2.72. The Labute approximate surface area is 133 Å². The molecule has 6 nitrogen and oxygen atoms in total. The fraction of sp³-hybridized carbons (Fsp3) is 0.294. The summed E-state index contributed by atoms with van der Waals surface area (Å²) in [4.78, 5) is 11.5. The molecule has 0 N–H and O–H groups in total. The highest BCUT2D eigenvalue weighted by Gasteiger charge is 2.14. The van der Waals surface area contributed by atoms with E-state index in [1.165, 1.54) is 6.07 Å². The van der Waals surface area contributed by atoms with E-state index in [4.69, 9.17) is 13.9 Å². The van der Waals surface area contributed by atoms with Gasteiger partial charge in [0.15, 0.2) is 11.5 Å². The van der Waals surface area contributed by atoms with Gasteiger partial charge in [0.2, 0.25) is 5.71 Å². The van der Waals surface area contributed by atoms with Crippen LogP contribution >= 0.6 is 0 Å². The van der Waals surface area contributed by atoms with E-state index in [1.807, 2.05) is 36.7 Å².